The van der Waals surface area contributed by atoms with Gasteiger partial charge in [-0.1, -0.05) is 0 Å². The van der Waals surface area contributed by atoms with E-state index in [1.807, 2.05) is 9.80 Å². The van der Waals surface area contributed by atoms with Crippen LogP contribution in [0.15, 0.2) is 0 Å². The molecule has 2 aliphatic rings. The van der Waals surface area contributed by atoms with Crippen LogP contribution < -0.4 is 5.73 Å². The highest BCUT2D eigenvalue weighted by Gasteiger charge is 2.26. The van der Waals surface area contributed by atoms with E-state index in [2.05, 4.69) is 4.90 Å². The molecule has 2 amide bonds. The van der Waals surface area contributed by atoms with Crippen molar-refractivity contribution in [1.82, 2.24) is 14.7 Å². The van der Waals surface area contributed by atoms with Crippen molar-refractivity contribution in [3.8, 4) is 0 Å². The third-order valence-corrected chi connectivity index (χ3v) is 4.61. The highest BCUT2D eigenvalue weighted by molar-refractivity contribution is 5.79. The Morgan fingerprint density at radius 2 is 1.76 bits per heavy atom. The number of likely N-dealkylation sites (tertiary alicyclic amines) is 1. The van der Waals surface area contributed by atoms with Gasteiger partial charge in [0, 0.05) is 39.6 Å². The Kier molecular flexibility index (Phi) is 5.99. The van der Waals surface area contributed by atoms with Gasteiger partial charge in [0.2, 0.25) is 11.8 Å². The predicted octanol–water partition coefficient (Wildman–Crippen LogP) is -0.262. The molecule has 2 heterocycles. The Bertz CT molecular complexity index is 365. The number of hydrogen-bond acceptors (Lipinski definition) is 4. The summed E-state index contributed by atoms with van der Waals surface area (Å²) >= 11 is 0. The number of nitrogens with zero attached hydrogens (tertiary/aromatic N) is 3. The molecule has 2 N–H and O–H groups in total. The average Bonchev–Trinajstić information content (AvgIpc) is 2.48. The molecule has 2 fully saturated rings. The first-order chi connectivity index (χ1) is 10.1. The van der Waals surface area contributed by atoms with E-state index in [9.17, 15) is 9.59 Å². The lowest BCUT2D eigenvalue weighted by Crippen LogP contribution is -2.53. The number of piperidine rings is 1. The zero-order chi connectivity index (χ0) is 15.2. The van der Waals surface area contributed by atoms with Crippen LogP contribution in [0.5, 0.6) is 0 Å². The summed E-state index contributed by atoms with van der Waals surface area (Å²) in [5, 5.41) is 0. The largest absolute Gasteiger partial charge is 0.339 e. The molecule has 0 aromatic rings. The minimum Gasteiger partial charge on any atom is -0.339 e. The van der Waals surface area contributed by atoms with Crippen LogP contribution in [0.4, 0.5) is 0 Å². The Morgan fingerprint density at radius 1 is 1.10 bits per heavy atom. The number of hydrogen-bond donors (Lipinski definition) is 1. The van der Waals surface area contributed by atoms with Crippen molar-refractivity contribution in [3.63, 3.8) is 0 Å². The molecule has 1 unspecified atom stereocenters. The summed E-state index contributed by atoms with van der Waals surface area (Å²) in [4.78, 5) is 29.6. The van der Waals surface area contributed by atoms with Crippen LogP contribution in [-0.4, -0.2) is 78.9 Å². The van der Waals surface area contributed by atoms with E-state index in [0.29, 0.717) is 38.6 Å². The van der Waals surface area contributed by atoms with Crippen molar-refractivity contribution < 1.29 is 9.59 Å². The fourth-order valence-corrected chi connectivity index (χ4v) is 3.33. The Hall–Kier alpha value is -1.14. The molecule has 21 heavy (non-hydrogen) atoms. The summed E-state index contributed by atoms with van der Waals surface area (Å²) in [7, 11) is 0. The van der Waals surface area contributed by atoms with Crippen molar-refractivity contribution >= 4 is 11.8 Å². The number of carbonyl (C=O) groups excluding carboxylic acids is 2. The summed E-state index contributed by atoms with van der Waals surface area (Å²) in [5.41, 5.74) is 5.63. The molecule has 1 atom stereocenters. The molecule has 2 rings (SSSR count). The van der Waals surface area contributed by atoms with Crippen LogP contribution in [-0.2, 0) is 9.59 Å². The Balaban J connectivity index is 1.75. The van der Waals surface area contributed by atoms with Gasteiger partial charge in [-0.05, 0) is 38.3 Å². The number of carbonyl (C=O) groups is 2. The van der Waals surface area contributed by atoms with Gasteiger partial charge in [-0.3, -0.25) is 14.5 Å². The van der Waals surface area contributed by atoms with E-state index in [-0.39, 0.29) is 11.8 Å². The minimum atomic E-state index is 0.0998. The van der Waals surface area contributed by atoms with Crippen LogP contribution >= 0.6 is 0 Å². The SMILES string of the molecule is CC(=O)N1CCN(C(=O)CN2CCCC(CCN)C2)CC1. The normalized spacial score (nSPS) is 24.2. The van der Waals surface area contributed by atoms with Crippen LogP contribution in [0.2, 0.25) is 0 Å². The second-order valence-electron chi connectivity index (χ2n) is 6.21. The summed E-state index contributed by atoms with van der Waals surface area (Å²) in [6.07, 6.45) is 3.46. The first-order valence-electron chi connectivity index (χ1n) is 8.06. The average molecular weight is 296 g/mol. The van der Waals surface area contributed by atoms with Crippen LogP contribution in [0.1, 0.15) is 26.2 Å². The fourth-order valence-electron chi connectivity index (χ4n) is 3.33. The van der Waals surface area contributed by atoms with Gasteiger partial charge < -0.3 is 15.5 Å². The highest BCUT2D eigenvalue weighted by atomic mass is 16.2. The summed E-state index contributed by atoms with van der Waals surface area (Å²) in [5.74, 6) is 0.945. The Morgan fingerprint density at radius 3 is 2.38 bits per heavy atom. The van der Waals surface area contributed by atoms with Crippen LogP contribution in [0.25, 0.3) is 0 Å². The van der Waals surface area contributed by atoms with Gasteiger partial charge in [-0.2, -0.15) is 0 Å². The van der Waals surface area contributed by atoms with Gasteiger partial charge in [0.15, 0.2) is 0 Å². The van der Waals surface area contributed by atoms with E-state index >= 15 is 0 Å². The molecule has 0 aromatic heterocycles. The maximum absolute atomic E-state index is 12.4. The van der Waals surface area contributed by atoms with Crippen LogP contribution in [0.3, 0.4) is 0 Å². The van der Waals surface area contributed by atoms with E-state index in [0.717, 1.165) is 32.5 Å². The third-order valence-electron chi connectivity index (χ3n) is 4.61. The van der Waals surface area contributed by atoms with Crippen molar-refractivity contribution in [2.45, 2.75) is 26.2 Å². The molecule has 2 saturated heterocycles. The topological polar surface area (TPSA) is 69.9 Å². The monoisotopic (exact) mass is 296 g/mol. The van der Waals surface area contributed by atoms with Gasteiger partial charge in [0.05, 0.1) is 6.54 Å². The lowest BCUT2D eigenvalue weighted by molar-refractivity contribution is -0.139. The lowest BCUT2D eigenvalue weighted by atomic mass is 9.95. The quantitative estimate of drug-likeness (QED) is 0.776. The van der Waals surface area contributed by atoms with Gasteiger partial charge in [-0.25, -0.2) is 0 Å². The second kappa shape index (κ2) is 7.75. The maximum Gasteiger partial charge on any atom is 0.236 e. The van der Waals surface area contributed by atoms with Gasteiger partial charge >= 0.3 is 0 Å². The standard InChI is InChI=1S/C15H28N4O2/c1-13(20)18-7-9-19(10-8-18)15(21)12-17-6-2-3-14(11-17)4-5-16/h14H,2-12,16H2,1H3. The summed E-state index contributed by atoms with van der Waals surface area (Å²) < 4.78 is 0. The molecule has 6 nitrogen and oxygen atoms in total. The summed E-state index contributed by atoms with van der Waals surface area (Å²) in [6, 6.07) is 0. The lowest BCUT2D eigenvalue weighted by Gasteiger charge is -2.37. The molecule has 0 aliphatic carbocycles. The molecule has 0 bridgehead atoms. The van der Waals surface area contributed by atoms with Crippen molar-refractivity contribution in [2.24, 2.45) is 11.7 Å². The van der Waals surface area contributed by atoms with E-state index in [4.69, 9.17) is 5.73 Å². The number of amides is 2. The van der Waals surface area contributed by atoms with E-state index < -0.39 is 0 Å². The van der Waals surface area contributed by atoms with Gasteiger partial charge in [0.25, 0.3) is 0 Å². The van der Waals surface area contributed by atoms with Gasteiger partial charge in [-0.15, -0.1) is 0 Å². The molecule has 0 saturated carbocycles. The molecule has 0 spiro atoms. The first kappa shape index (κ1) is 16.2. The molecular weight excluding hydrogens is 268 g/mol. The number of nitrogens with two attached hydrogens (primary N) is 1. The number of rotatable bonds is 4. The van der Waals surface area contributed by atoms with Crippen molar-refractivity contribution in [3.05, 3.63) is 0 Å². The van der Waals surface area contributed by atoms with Crippen molar-refractivity contribution in [2.75, 3.05) is 52.4 Å². The molecule has 120 valence electrons. The second-order valence-corrected chi connectivity index (χ2v) is 6.21. The minimum absolute atomic E-state index is 0.0998. The fraction of sp³-hybridized carbons (Fsp3) is 0.867. The third kappa shape index (κ3) is 4.68. The predicted molar refractivity (Wildman–Crippen MR) is 81.7 cm³/mol. The maximum atomic E-state index is 12.4. The molecule has 6 heteroatoms. The van der Waals surface area contributed by atoms with E-state index in [1.165, 1.54) is 6.42 Å². The molecule has 0 radical (unpaired) electrons. The Labute approximate surface area is 127 Å². The zero-order valence-electron chi connectivity index (χ0n) is 13.1. The van der Waals surface area contributed by atoms with Crippen molar-refractivity contribution in [1.29, 1.82) is 0 Å². The molecular formula is C15H28N4O2. The number of piperazine rings is 1. The summed E-state index contributed by atoms with van der Waals surface area (Å²) in [6.45, 7) is 7.50. The molecule has 0 aromatic carbocycles. The smallest absolute Gasteiger partial charge is 0.236 e. The molecule has 2 aliphatic heterocycles. The van der Waals surface area contributed by atoms with E-state index in [1.54, 1.807) is 6.92 Å². The zero-order valence-corrected chi connectivity index (χ0v) is 13.1. The highest BCUT2D eigenvalue weighted by Crippen LogP contribution is 2.19. The van der Waals surface area contributed by atoms with Gasteiger partial charge in [0.1, 0.15) is 0 Å². The first-order valence-corrected chi connectivity index (χ1v) is 8.06. The van der Waals surface area contributed by atoms with Crippen LogP contribution in [0, 0.1) is 5.92 Å².